The fourth-order valence-corrected chi connectivity index (χ4v) is 1.41. The first-order chi connectivity index (χ1) is 6.17. The lowest BCUT2D eigenvalue weighted by molar-refractivity contribution is 0.0327. The van der Waals surface area contributed by atoms with E-state index in [0.29, 0.717) is 6.61 Å². The fraction of sp³-hybridized carbons (Fsp3) is 0.364. The first-order valence-corrected chi connectivity index (χ1v) is 4.45. The van der Waals surface area contributed by atoms with Crippen molar-refractivity contribution >= 4 is 5.71 Å². The number of ether oxygens (including phenoxy) is 1. The molecule has 0 aromatic heterocycles. The van der Waals surface area contributed by atoms with Crippen LogP contribution in [0.25, 0.3) is 0 Å². The lowest BCUT2D eigenvalue weighted by Crippen LogP contribution is -2.15. The second-order valence-corrected chi connectivity index (χ2v) is 3.66. The Morgan fingerprint density at radius 2 is 1.92 bits per heavy atom. The summed E-state index contributed by atoms with van der Waals surface area (Å²) < 4.78 is 5.50. The molecule has 1 aliphatic rings. The monoisotopic (exact) mass is 175 g/mol. The van der Waals surface area contributed by atoms with Gasteiger partial charge < -0.3 is 4.74 Å². The van der Waals surface area contributed by atoms with E-state index < -0.39 is 0 Å². The molecule has 0 bridgehead atoms. The molecular weight excluding hydrogens is 162 g/mol. The molecule has 13 heavy (non-hydrogen) atoms. The van der Waals surface area contributed by atoms with E-state index in [1.54, 1.807) is 0 Å². The van der Waals surface area contributed by atoms with E-state index in [2.05, 4.69) is 17.1 Å². The third-order valence-corrected chi connectivity index (χ3v) is 2.07. The lowest BCUT2D eigenvalue weighted by atomic mass is 10.1. The van der Waals surface area contributed by atoms with Gasteiger partial charge in [0.2, 0.25) is 0 Å². The van der Waals surface area contributed by atoms with Gasteiger partial charge in [0.05, 0.1) is 12.3 Å². The highest BCUT2D eigenvalue weighted by molar-refractivity contribution is 6.02. The molecule has 1 heterocycles. The van der Waals surface area contributed by atoms with Gasteiger partial charge in [-0.2, -0.15) is 0 Å². The van der Waals surface area contributed by atoms with Gasteiger partial charge in [-0.3, -0.25) is 4.99 Å². The molecule has 0 fully saturated rings. The van der Waals surface area contributed by atoms with Crippen molar-refractivity contribution in [2.24, 2.45) is 4.99 Å². The zero-order valence-corrected chi connectivity index (χ0v) is 7.95. The number of hydrogen-bond acceptors (Lipinski definition) is 2. The molecule has 0 aliphatic carbocycles. The summed E-state index contributed by atoms with van der Waals surface area (Å²) in [5, 5.41) is 0. The molecule has 2 rings (SSSR count). The molecule has 2 nitrogen and oxygen atoms in total. The molecule has 1 aromatic rings. The summed E-state index contributed by atoms with van der Waals surface area (Å²) in [6.45, 7) is 4.57. The molecule has 68 valence electrons. The van der Waals surface area contributed by atoms with E-state index in [4.69, 9.17) is 4.74 Å². The minimum absolute atomic E-state index is 0.342. The van der Waals surface area contributed by atoms with Gasteiger partial charge in [-0.05, 0) is 19.4 Å². The van der Waals surface area contributed by atoms with Gasteiger partial charge in [0.15, 0.2) is 5.72 Å². The summed E-state index contributed by atoms with van der Waals surface area (Å²) in [4.78, 5) is 4.49. The molecule has 0 atom stereocenters. The molecule has 0 saturated carbocycles. The minimum Gasteiger partial charge on any atom is -0.348 e. The first kappa shape index (κ1) is 8.45. The van der Waals surface area contributed by atoms with Gasteiger partial charge in [0.25, 0.3) is 0 Å². The Labute approximate surface area is 78.3 Å². The van der Waals surface area contributed by atoms with E-state index in [1.165, 1.54) is 0 Å². The van der Waals surface area contributed by atoms with Crippen molar-refractivity contribution in [2.75, 3.05) is 6.61 Å². The smallest absolute Gasteiger partial charge is 0.154 e. The molecule has 0 amide bonds. The molecule has 0 spiro atoms. The number of hydrogen-bond donors (Lipinski definition) is 0. The molecule has 0 N–H and O–H groups in total. The summed E-state index contributed by atoms with van der Waals surface area (Å²) in [6, 6.07) is 10.2. The van der Waals surface area contributed by atoms with Crippen LogP contribution in [0.1, 0.15) is 19.4 Å². The Balaban J connectivity index is 2.30. The van der Waals surface area contributed by atoms with Gasteiger partial charge >= 0.3 is 0 Å². The average Bonchev–Trinajstić information content (AvgIpc) is 2.48. The van der Waals surface area contributed by atoms with Crippen LogP contribution >= 0.6 is 0 Å². The van der Waals surface area contributed by atoms with Crippen molar-refractivity contribution in [1.82, 2.24) is 0 Å². The summed E-state index contributed by atoms with van der Waals surface area (Å²) in [7, 11) is 0. The highest BCUT2D eigenvalue weighted by atomic mass is 16.5. The third kappa shape index (κ3) is 1.78. The van der Waals surface area contributed by atoms with E-state index >= 15 is 0 Å². The molecular formula is C11H13NO. The van der Waals surface area contributed by atoms with Crippen molar-refractivity contribution in [3.63, 3.8) is 0 Å². The summed E-state index contributed by atoms with van der Waals surface area (Å²) in [5.74, 6) is 0. The van der Waals surface area contributed by atoms with Crippen LogP contribution in [0, 0.1) is 0 Å². The number of nitrogens with zero attached hydrogens (tertiary/aromatic N) is 1. The Morgan fingerprint density at radius 3 is 2.46 bits per heavy atom. The van der Waals surface area contributed by atoms with Gasteiger partial charge in [0.1, 0.15) is 0 Å². The average molecular weight is 175 g/mol. The Hall–Kier alpha value is -1.15. The van der Waals surface area contributed by atoms with Crippen LogP contribution in [0.15, 0.2) is 35.3 Å². The van der Waals surface area contributed by atoms with Gasteiger partial charge in [0, 0.05) is 0 Å². The van der Waals surface area contributed by atoms with Crippen LogP contribution in [-0.2, 0) is 4.74 Å². The summed E-state index contributed by atoms with van der Waals surface area (Å²) >= 11 is 0. The van der Waals surface area contributed by atoms with Crippen molar-refractivity contribution in [1.29, 1.82) is 0 Å². The third-order valence-electron chi connectivity index (χ3n) is 2.07. The van der Waals surface area contributed by atoms with Crippen molar-refractivity contribution in [3.05, 3.63) is 35.9 Å². The highest BCUT2D eigenvalue weighted by Crippen LogP contribution is 2.20. The van der Waals surface area contributed by atoms with Gasteiger partial charge in [-0.1, -0.05) is 30.3 Å². The zero-order valence-electron chi connectivity index (χ0n) is 7.95. The second kappa shape index (κ2) is 2.96. The van der Waals surface area contributed by atoms with Gasteiger partial charge in [-0.25, -0.2) is 0 Å². The van der Waals surface area contributed by atoms with Crippen LogP contribution < -0.4 is 0 Å². The maximum absolute atomic E-state index is 5.50. The Bertz CT molecular complexity index is 327. The largest absolute Gasteiger partial charge is 0.348 e. The molecule has 2 heteroatoms. The minimum atomic E-state index is -0.342. The maximum atomic E-state index is 5.50. The van der Waals surface area contributed by atoms with E-state index in [9.17, 15) is 0 Å². The van der Waals surface area contributed by atoms with Crippen molar-refractivity contribution in [3.8, 4) is 0 Å². The van der Waals surface area contributed by atoms with Crippen LogP contribution in [0.3, 0.4) is 0 Å². The van der Waals surface area contributed by atoms with E-state index in [-0.39, 0.29) is 5.72 Å². The Morgan fingerprint density at radius 1 is 1.23 bits per heavy atom. The summed E-state index contributed by atoms with van der Waals surface area (Å²) in [5.41, 5.74) is 1.87. The highest BCUT2D eigenvalue weighted by Gasteiger charge is 2.25. The van der Waals surface area contributed by atoms with Crippen LogP contribution in [0.4, 0.5) is 0 Å². The van der Waals surface area contributed by atoms with E-state index in [0.717, 1.165) is 11.3 Å². The number of aliphatic imine (C=N–C) groups is 1. The number of benzene rings is 1. The van der Waals surface area contributed by atoms with Gasteiger partial charge in [-0.15, -0.1) is 0 Å². The molecule has 0 radical (unpaired) electrons. The van der Waals surface area contributed by atoms with Crippen LogP contribution in [0.5, 0.6) is 0 Å². The quantitative estimate of drug-likeness (QED) is 0.641. The standard InChI is InChI=1S/C11H13NO/c1-11(2)12-10(8-13-11)9-6-4-3-5-7-9/h3-7H,8H2,1-2H3. The fourth-order valence-electron chi connectivity index (χ4n) is 1.41. The molecule has 1 aliphatic heterocycles. The predicted molar refractivity (Wildman–Crippen MR) is 53.0 cm³/mol. The first-order valence-electron chi connectivity index (χ1n) is 4.45. The molecule has 0 saturated heterocycles. The molecule has 0 unspecified atom stereocenters. The van der Waals surface area contributed by atoms with Crippen LogP contribution in [-0.4, -0.2) is 18.0 Å². The Kier molecular flexibility index (Phi) is 1.93. The summed E-state index contributed by atoms with van der Waals surface area (Å²) in [6.07, 6.45) is 0. The topological polar surface area (TPSA) is 21.6 Å². The van der Waals surface area contributed by atoms with Crippen molar-refractivity contribution in [2.45, 2.75) is 19.6 Å². The van der Waals surface area contributed by atoms with Crippen molar-refractivity contribution < 1.29 is 4.74 Å². The zero-order chi connectivity index (χ0) is 9.31. The molecule has 1 aromatic carbocycles. The SMILES string of the molecule is CC1(C)N=C(c2ccccc2)CO1. The predicted octanol–water partition coefficient (Wildman–Crippen LogP) is 2.24. The van der Waals surface area contributed by atoms with Crippen LogP contribution in [0.2, 0.25) is 0 Å². The maximum Gasteiger partial charge on any atom is 0.154 e. The van der Waals surface area contributed by atoms with E-state index in [1.807, 2.05) is 32.0 Å². The normalized spacial score (nSPS) is 20.0. The lowest BCUT2D eigenvalue weighted by Gasteiger charge is -2.11. The number of rotatable bonds is 1. The second-order valence-electron chi connectivity index (χ2n) is 3.66.